The third kappa shape index (κ3) is 5.27. The predicted molar refractivity (Wildman–Crippen MR) is 87.4 cm³/mol. The molecule has 22 heavy (non-hydrogen) atoms. The van der Waals surface area contributed by atoms with E-state index in [1.165, 1.54) is 12.8 Å². The fourth-order valence-corrected chi connectivity index (χ4v) is 3.55. The van der Waals surface area contributed by atoms with Crippen LogP contribution in [0.5, 0.6) is 0 Å². The molecule has 0 heterocycles. The van der Waals surface area contributed by atoms with Crippen LogP contribution >= 0.6 is 0 Å². The fourth-order valence-electron chi connectivity index (χ4n) is 3.55. The van der Waals surface area contributed by atoms with E-state index in [1.807, 2.05) is 14.1 Å². The van der Waals surface area contributed by atoms with Crippen LogP contribution in [0.4, 0.5) is 0 Å². The summed E-state index contributed by atoms with van der Waals surface area (Å²) in [5.74, 6) is 0.596. The van der Waals surface area contributed by atoms with Gasteiger partial charge in [-0.15, -0.1) is 0 Å². The number of carbonyl (C=O) groups excluding carboxylic acids is 2. The van der Waals surface area contributed by atoms with Gasteiger partial charge in [-0.1, -0.05) is 12.8 Å². The van der Waals surface area contributed by atoms with Gasteiger partial charge < -0.3 is 15.5 Å². The second-order valence-corrected chi connectivity index (χ2v) is 7.13. The molecule has 0 aliphatic heterocycles. The molecule has 0 aromatic carbocycles. The molecule has 2 N–H and O–H groups in total. The lowest BCUT2D eigenvalue weighted by atomic mass is 9.81. The van der Waals surface area contributed by atoms with Crippen molar-refractivity contribution in [3.63, 3.8) is 0 Å². The summed E-state index contributed by atoms with van der Waals surface area (Å²) in [6.45, 7) is 1.57. The summed E-state index contributed by atoms with van der Waals surface area (Å²) < 4.78 is 0. The van der Waals surface area contributed by atoms with Crippen molar-refractivity contribution in [1.29, 1.82) is 0 Å². The van der Waals surface area contributed by atoms with Crippen LogP contribution in [0, 0.1) is 11.8 Å². The Balaban J connectivity index is 1.66. The molecule has 0 aromatic rings. The van der Waals surface area contributed by atoms with Crippen LogP contribution in [0.15, 0.2) is 0 Å². The minimum Gasteiger partial charge on any atom is -0.355 e. The lowest BCUT2D eigenvalue weighted by Gasteiger charge is -2.28. The zero-order chi connectivity index (χ0) is 15.9. The van der Waals surface area contributed by atoms with E-state index in [0.717, 1.165) is 45.1 Å². The largest absolute Gasteiger partial charge is 0.355 e. The van der Waals surface area contributed by atoms with E-state index in [9.17, 15) is 9.59 Å². The van der Waals surface area contributed by atoms with E-state index in [1.54, 1.807) is 0 Å². The van der Waals surface area contributed by atoms with Gasteiger partial charge in [0, 0.05) is 31.0 Å². The topological polar surface area (TPSA) is 61.4 Å². The van der Waals surface area contributed by atoms with Gasteiger partial charge in [0.1, 0.15) is 0 Å². The maximum Gasteiger partial charge on any atom is 0.223 e. The van der Waals surface area contributed by atoms with Gasteiger partial charge >= 0.3 is 0 Å². The van der Waals surface area contributed by atoms with Crippen LogP contribution < -0.4 is 10.6 Å². The Morgan fingerprint density at radius 2 is 1.45 bits per heavy atom. The van der Waals surface area contributed by atoms with Crippen LogP contribution in [0.25, 0.3) is 0 Å². The third-order valence-corrected chi connectivity index (χ3v) is 5.03. The molecule has 0 aromatic heterocycles. The molecule has 0 radical (unpaired) electrons. The molecular formula is C17H31N3O2. The Morgan fingerprint density at radius 3 is 2.00 bits per heavy atom. The highest BCUT2D eigenvalue weighted by Gasteiger charge is 2.30. The molecule has 2 rings (SSSR count). The SMILES string of the molecule is CN(C)CCNC(=O)C1CCC(C(=O)NC2CCCC2)CC1. The zero-order valence-corrected chi connectivity index (χ0v) is 14.1. The number of amides is 2. The minimum absolute atomic E-state index is 0.0951. The maximum absolute atomic E-state index is 12.3. The highest BCUT2D eigenvalue weighted by molar-refractivity contribution is 5.81. The van der Waals surface area contributed by atoms with E-state index in [4.69, 9.17) is 0 Å². The van der Waals surface area contributed by atoms with Crippen LogP contribution in [-0.2, 0) is 9.59 Å². The number of nitrogens with zero attached hydrogens (tertiary/aromatic N) is 1. The highest BCUT2D eigenvalue weighted by atomic mass is 16.2. The minimum atomic E-state index is 0.0951. The average Bonchev–Trinajstić information content (AvgIpc) is 3.00. The molecule has 2 amide bonds. The smallest absolute Gasteiger partial charge is 0.223 e. The Labute approximate surface area is 134 Å². The Hall–Kier alpha value is -1.10. The summed E-state index contributed by atoms with van der Waals surface area (Å²) in [4.78, 5) is 26.4. The van der Waals surface area contributed by atoms with Crippen LogP contribution in [0.3, 0.4) is 0 Å². The molecule has 2 fully saturated rings. The standard InChI is InChI=1S/C17H31N3O2/c1-20(2)12-11-18-16(21)13-7-9-14(10-8-13)17(22)19-15-5-3-4-6-15/h13-15H,3-12H2,1-2H3,(H,18,21)(H,19,22). The van der Waals surface area contributed by atoms with Gasteiger partial charge in [0.05, 0.1) is 0 Å². The number of hydrogen-bond donors (Lipinski definition) is 2. The molecule has 0 atom stereocenters. The number of carbonyl (C=O) groups is 2. The third-order valence-electron chi connectivity index (χ3n) is 5.03. The molecule has 2 aliphatic rings. The first kappa shape index (κ1) is 17.3. The van der Waals surface area contributed by atoms with E-state index in [0.29, 0.717) is 12.6 Å². The Morgan fingerprint density at radius 1 is 0.909 bits per heavy atom. The molecule has 0 spiro atoms. The summed E-state index contributed by atoms with van der Waals surface area (Å²) in [7, 11) is 4.00. The van der Waals surface area contributed by atoms with Gasteiger partial charge in [0.2, 0.25) is 11.8 Å². The quantitative estimate of drug-likeness (QED) is 0.782. The van der Waals surface area contributed by atoms with E-state index in [2.05, 4.69) is 15.5 Å². The fraction of sp³-hybridized carbons (Fsp3) is 0.882. The van der Waals surface area contributed by atoms with Crippen molar-refractivity contribution in [2.45, 2.75) is 57.4 Å². The molecule has 0 bridgehead atoms. The monoisotopic (exact) mass is 309 g/mol. The first-order valence-electron chi connectivity index (χ1n) is 8.79. The van der Waals surface area contributed by atoms with Gasteiger partial charge in [-0.05, 0) is 52.6 Å². The summed E-state index contributed by atoms with van der Waals surface area (Å²) in [5, 5.41) is 6.20. The number of likely N-dealkylation sites (N-methyl/N-ethyl adjacent to an activating group) is 1. The molecule has 0 saturated heterocycles. The molecule has 2 aliphatic carbocycles. The number of nitrogens with one attached hydrogen (secondary N) is 2. The second-order valence-electron chi connectivity index (χ2n) is 7.13. The maximum atomic E-state index is 12.3. The van der Waals surface area contributed by atoms with Gasteiger partial charge in [0.25, 0.3) is 0 Å². The molecule has 0 unspecified atom stereocenters. The van der Waals surface area contributed by atoms with Gasteiger partial charge in [0.15, 0.2) is 0 Å². The van der Waals surface area contributed by atoms with Gasteiger partial charge in [-0.3, -0.25) is 9.59 Å². The van der Waals surface area contributed by atoms with Crippen LogP contribution in [0.2, 0.25) is 0 Å². The summed E-state index contributed by atoms with van der Waals surface area (Å²) in [6, 6.07) is 0.402. The normalized spacial score (nSPS) is 26.1. The molecule has 5 heteroatoms. The van der Waals surface area contributed by atoms with Gasteiger partial charge in [-0.2, -0.15) is 0 Å². The summed E-state index contributed by atoms with van der Waals surface area (Å²) >= 11 is 0. The lowest BCUT2D eigenvalue weighted by Crippen LogP contribution is -2.41. The zero-order valence-electron chi connectivity index (χ0n) is 14.1. The summed E-state index contributed by atoms with van der Waals surface area (Å²) in [6.07, 6.45) is 8.14. The van der Waals surface area contributed by atoms with Gasteiger partial charge in [-0.25, -0.2) is 0 Å². The van der Waals surface area contributed by atoms with Crippen molar-refractivity contribution in [3.05, 3.63) is 0 Å². The molecule has 2 saturated carbocycles. The van der Waals surface area contributed by atoms with Crippen LogP contribution in [-0.4, -0.2) is 49.9 Å². The first-order chi connectivity index (χ1) is 10.6. The predicted octanol–water partition coefficient (Wildman–Crippen LogP) is 1.53. The van der Waals surface area contributed by atoms with E-state index < -0.39 is 0 Å². The lowest BCUT2D eigenvalue weighted by molar-refractivity contribution is -0.130. The number of hydrogen-bond acceptors (Lipinski definition) is 3. The highest BCUT2D eigenvalue weighted by Crippen LogP contribution is 2.29. The molecule has 5 nitrogen and oxygen atoms in total. The second kappa shape index (κ2) is 8.51. The van der Waals surface area contributed by atoms with E-state index in [-0.39, 0.29) is 23.7 Å². The van der Waals surface area contributed by atoms with Crippen molar-refractivity contribution < 1.29 is 9.59 Å². The van der Waals surface area contributed by atoms with Crippen molar-refractivity contribution in [1.82, 2.24) is 15.5 Å². The van der Waals surface area contributed by atoms with E-state index >= 15 is 0 Å². The summed E-state index contributed by atoms with van der Waals surface area (Å²) in [5.41, 5.74) is 0. The molecular weight excluding hydrogens is 278 g/mol. The first-order valence-corrected chi connectivity index (χ1v) is 8.79. The average molecular weight is 309 g/mol. The van der Waals surface area contributed by atoms with Crippen molar-refractivity contribution >= 4 is 11.8 Å². The number of rotatable bonds is 6. The van der Waals surface area contributed by atoms with Crippen molar-refractivity contribution in [2.24, 2.45) is 11.8 Å². The van der Waals surface area contributed by atoms with Crippen molar-refractivity contribution in [3.8, 4) is 0 Å². The van der Waals surface area contributed by atoms with Crippen molar-refractivity contribution in [2.75, 3.05) is 27.2 Å². The molecule has 126 valence electrons. The Bertz CT molecular complexity index is 370. The Kier molecular flexibility index (Phi) is 6.68. The van der Waals surface area contributed by atoms with Crippen LogP contribution in [0.1, 0.15) is 51.4 Å².